The van der Waals surface area contributed by atoms with E-state index in [-0.39, 0.29) is 25.1 Å². The number of carbonyl (C=O) groups excluding carboxylic acids is 2. The molecule has 0 bridgehead atoms. The molecule has 1 fully saturated rings. The van der Waals surface area contributed by atoms with Gasteiger partial charge in [-0.3, -0.25) is 14.3 Å². The molecule has 9 heteroatoms. The minimum absolute atomic E-state index is 0.200. The minimum atomic E-state index is -0.539. The maximum Gasteiger partial charge on any atom is 0.415 e. The van der Waals surface area contributed by atoms with Gasteiger partial charge in [0.05, 0.1) is 18.3 Å². The summed E-state index contributed by atoms with van der Waals surface area (Å²) in [5, 5.41) is 2.67. The quantitative estimate of drug-likeness (QED) is 0.874. The fraction of sp³-hybridized carbons (Fsp3) is 0.353. The van der Waals surface area contributed by atoms with Crippen molar-refractivity contribution in [2.45, 2.75) is 32.1 Å². The van der Waals surface area contributed by atoms with Crippen LogP contribution in [0.15, 0.2) is 18.5 Å². The topological polar surface area (TPSA) is 85.7 Å². The zero-order valence-corrected chi connectivity index (χ0v) is 13.9. The van der Waals surface area contributed by atoms with E-state index in [1.54, 1.807) is 17.0 Å². The smallest absolute Gasteiger partial charge is 0.415 e. The molecule has 0 spiro atoms. The second kappa shape index (κ2) is 5.20. The highest BCUT2D eigenvalue weighted by Crippen LogP contribution is 2.47. The average molecular weight is 358 g/mol. The van der Waals surface area contributed by atoms with Crippen LogP contribution in [-0.4, -0.2) is 40.2 Å². The predicted octanol–water partition coefficient (Wildman–Crippen LogP) is 1.29. The number of nitrogens with zero attached hydrogens (tertiary/aromatic N) is 3. The third-order valence-electron chi connectivity index (χ3n) is 5.03. The Hall–Kier alpha value is -3.10. The summed E-state index contributed by atoms with van der Waals surface area (Å²) in [7, 11) is 0. The molecule has 0 unspecified atom stereocenters. The van der Waals surface area contributed by atoms with Crippen molar-refractivity contribution in [1.82, 2.24) is 14.9 Å². The Morgan fingerprint density at radius 2 is 2.35 bits per heavy atom. The molecule has 2 atom stereocenters. The molecule has 1 N–H and O–H groups in total. The van der Waals surface area contributed by atoms with Crippen molar-refractivity contribution in [2.75, 3.05) is 11.4 Å². The zero-order chi connectivity index (χ0) is 18.0. The molecule has 3 aliphatic rings. The van der Waals surface area contributed by atoms with Crippen molar-refractivity contribution >= 4 is 17.7 Å². The number of fused-ring (bicyclic) bond motifs is 7. The summed E-state index contributed by atoms with van der Waals surface area (Å²) in [6, 6.07) is 1.04. The Morgan fingerprint density at radius 3 is 3.15 bits per heavy atom. The van der Waals surface area contributed by atoms with Gasteiger partial charge in [0, 0.05) is 37.4 Å². The number of ether oxygens (including phenoxy) is 2. The Kier molecular flexibility index (Phi) is 3.03. The number of halogens is 1. The number of imidazole rings is 1. The molecule has 0 saturated carbocycles. The molecule has 2 aromatic rings. The highest BCUT2D eigenvalue weighted by atomic mass is 19.1. The highest BCUT2D eigenvalue weighted by Gasteiger charge is 2.49. The lowest BCUT2D eigenvalue weighted by Gasteiger charge is -2.23. The summed E-state index contributed by atoms with van der Waals surface area (Å²) in [5.74, 6) is 0.370. The van der Waals surface area contributed by atoms with Crippen molar-refractivity contribution in [3.8, 4) is 11.4 Å². The molecule has 134 valence electrons. The SMILES string of the molecule is CC(=O)NC[C@@H]1OC(=O)N2c3cc(F)c4c(c3C[C@@H]12)OCc1nccn1-4. The number of hydrogen-bond donors (Lipinski definition) is 1. The maximum absolute atomic E-state index is 14.9. The van der Waals surface area contributed by atoms with Crippen molar-refractivity contribution in [1.29, 1.82) is 0 Å². The second-order valence-electron chi connectivity index (χ2n) is 6.54. The van der Waals surface area contributed by atoms with Crippen molar-refractivity contribution in [3.05, 3.63) is 35.7 Å². The van der Waals surface area contributed by atoms with Crippen molar-refractivity contribution in [3.63, 3.8) is 0 Å². The van der Waals surface area contributed by atoms with Crippen LogP contribution in [0.4, 0.5) is 14.9 Å². The summed E-state index contributed by atoms with van der Waals surface area (Å²) in [5.41, 5.74) is 1.55. The van der Waals surface area contributed by atoms with E-state index in [2.05, 4.69) is 10.3 Å². The largest absolute Gasteiger partial charge is 0.483 e. The van der Waals surface area contributed by atoms with Gasteiger partial charge in [0.25, 0.3) is 0 Å². The first-order valence-corrected chi connectivity index (χ1v) is 8.29. The third-order valence-corrected chi connectivity index (χ3v) is 5.03. The number of hydrogen-bond acceptors (Lipinski definition) is 5. The fourth-order valence-electron chi connectivity index (χ4n) is 3.91. The first-order valence-electron chi connectivity index (χ1n) is 8.29. The number of carbonyl (C=O) groups is 2. The molecule has 5 rings (SSSR count). The van der Waals surface area contributed by atoms with Gasteiger partial charge in [-0.1, -0.05) is 0 Å². The fourth-order valence-corrected chi connectivity index (χ4v) is 3.91. The number of nitrogens with one attached hydrogen (secondary N) is 1. The van der Waals surface area contributed by atoms with Gasteiger partial charge in [-0.2, -0.15) is 0 Å². The first-order chi connectivity index (χ1) is 12.5. The number of rotatable bonds is 2. The van der Waals surface area contributed by atoms with E-state index >= 15 is 0 Å². The van der Waals surface area contributed by atoms with Gasteiger partial charge < -0.3 is 14.8 Å². The van der Waals surface area contributed by atoms with E-state index in [0.717, 1.165) is 5.56 Å². The monoisotopic (exact) mass is 358 g/mol. The van der Waals surface area contributed by atoms with Gasteiger partial charge in [-0.15, -0.1) is 0 Å². The van der Waals surface area contributed by atoms with E-state index in [9.17, 15) is 14.0 Å². The highest BCUT2D eigenvalue weighted by molar-refractivity contribution is 5.95. The number of aromatic nitrogens is 2. The van der Waals surface area contributed by atoms with Crippen molar-refractivity contribution < 1.29 is 23.5 Å². The van der Waals surface area contributed by atoms with E-state index in [0.29, 0.717) is 29.4 Å². The van der Waals surface area contributed by atoms with Crippen LogP contribution >= 0.6 is 0 Å². The molecule has 4 heterocycles. The van der Waals surface area contributed by atoms with Gasteiger partial charge in [-0.05, 0) is 0 Å². The average Bonchev–Trinajstić information content (AvgIpc) is 3.28. The predicted molar refractivity (Wildman–Crippen MR) is 86.8 cm³/mol. The van der Waals surface area contributed by atoms with Crippen LogP contribution in [0.5, 0.6) is 5.75 Å². The standard InChI is InChI=1S/C17H15FN4O4/c1-8(23)20-6-13-12-4-9-11(22(12)17(24)26-13)5-10(18)15-16(9)25-7-14-19-2-3-21(14)15/h2-3,5,12-13H,4,6-7H2,1H3,(H,20,23)/t12-,13-/m0/s1. The van der Waals surface area contributed by atoms with Gasteiger partial charge in [-0.25, -0.2) is 14.2 Å². The van der Waals surface area contributed by atoms with Gasteiger partial charge in [0.15, 0.2) is 17.4 Å². The van der Waals surface area contributed by atoms with Gasteiger partial charge >= 0.3 is 6.09 Å². The molecular formula is C17H15FN4O4. The van der Waals surface area contributed by atoms with E-state index in [1.165, 1.54) is 17.9 Å². The maximum atomic E-state index is 14.9. The molecular weight excluding hydrogens is 343 g/mol. The lowest BCUT2D eigenvalue weighted by Crippen LogP contribution is -2.40. The Morgan fingerprint density at radius 1 is 1.50 bits per heavy atom. The molecule has 0 radical (unpaired) electrons. The number of anilines is 1. The molecule has 26 heavy (non-hydrogen) atoms. The Bertz CT molecular complexity index is 956. The molecule has 8 nitrogen and oxygen atoms in total. The third kappa shape index (κ3) is 1.97. The Labute approximate surface area is 147 Å². The van der Waals surface area contributed by atoms with Crippen molar-refractivity contribution in [2.24, 2.45) is 0 Å². The van der Waals surface area contributed by atoms with E-state index < -0.39 is 18.0 Å². The van der Waals surface area contributed by atoms with Crippen LogP contribution in [0, 0.1) is 5.82 Å². The molecule has 2 amide bonds. The van der Waals surface area contributed by atoms with Crippen LogP contribution in [0.3, 0.4) is 0 Å². The summed E-state index contributed by atoms with van der Waals surface area (Å²) in [4.78, 5) is 29.1. The first kappa shape index (κ1) is 15.2. The molecule has 1 aromatic heterocycles. The van der Waals surface area contributed by atoms with Gasteiger partial charge in [0.1, 0.15) is 18.4 Å². The van der Waals surface area contributed by atoms with E-state index in [1.807, 2.05) is 0 Å². The molecule has 0 aliphatic carbocycles. The molecule has 1 saturated heterocycles. The summed E-state index contributed by atoms with van der Waals surface area (Å²) in [6.45, 7) is 1.86. The number of benzene rings is 1. The second-order valence-corrected chi connectivity index (χ2v) is 6.54. The Balaban J connectivity index is 1.57. The van der Waals surface area contributed by atoms with Crippen LogP contribution < -0.4 is 15.0 Å². The molecule has 1 aromatic carbocycles. The van der Waals surface area contributed by atoms with Crippen LogP contribution in [0.25, 0.3) is 5.69 Å². The zero-order valence-electron chi connectivity index (χ0n) is 13.9. The summed E-state index contributed by atoms with van der Waals surface area (Å²) < 4.78 is 27.7. The van der Waals surface area contributed by atoms with Crippen LogP contribution in [0.2, 0.25) is 0 Å². The summed E-state index contributed by atoms with van der Waals surface area (Å²) in [6.07, 6.45) is 2.72. The molecule has 3 aliphatic heterocycles. The lowest BCUT2D eigenvalue weighted by atomic mass is 10.0. The lowest BCUT2D eigenvalue weighted by molar-refractivity contribution is -0.119. The van der Waals surface area contributed by atoms with E-state index in [4.69, 9.17) is 9.47 Å². The van der Waals surface area contributed by atoms with Gasteiger partial charge in [0.2, 0.25) is 5.91 Å². The normalized spacial score (nSPS) is 22.1. The number of amides is 2. The number of cyclic esters (lactones) is 1. The van der Waals surface area contributed by atoms with Crippen LogP contribution in [0.1, 0.15) is 18.3 Å². The minimum Gasteiger partial charge on any atom is -0.483 e. The van der Waals surface area contributed by atoms with Crippen LogP contribution in [-0.2, 0) is 22.6 Å². The summed E-state index contributed by atoms with van der Waals surface area (Å²) >= 11 is 0.